The summed E-state index contributed by atoms with van der Waals surface area (Å²) in [4.78, 5) is 48.1. The molecule has 0 spiro atoms. The summed E-state index contributed by atoms with van der Waals surface area (Å²) in [7, 11) is 0. The quantitative estimate of drug-likeness (QED) is 0.573. The molecule has 144 valence electrons. The van der Waals surface area contributed by atoms with Crippen molar-refractivity contribution in [3.05, 3.63) is 39.4 Å². The lowest BCUT2D eigenvalue weighted by atomic mass is 10.0. The molecule has 0 saturated heterocycles. The maximum Gasteiger partial charge on any atom is 0.329 e. The molecular formula is C17H19N3O5S2. The van der Waals surface area contributed by atoms with Gasteiger partial charge in [-0.3, -0.25) is 14.4 Å². The molecule has 0 unspecified atom stereocenters. The zero-order valence-electron chi connectivity index (χ0n) is 14.7. The van der Waals surface area contributed by atoms with Gasteiger partial charge in [-0.2, -0.15) is 0 Å². The molecular weight excluding hydrogens is 390 g/mol. The molecule has 0 aliphatic rings. The molecule has 0 aliphatic carbocycles. The second kappa shape index (κ2) is 9.28. The van der Waals surface area contributed by atoms with Gasteiger partial charge in [0, 0.05) is 0 Å². The van der Waals surface area contributed by atoms with E-state index in [4.69, 9.17) is 10.5 Å². The van der Waals surface area contributed by atoms with Gasteiger partial charge < -0.3 is 21.1 Å². The van der Waals surface area contributed by atoms with Crippen LogP contribution in [-0.2, 0) is 14.3 Å². The molecule has 3 amide bonds. The summed E-state index contributed by atoms with van der Waals surface area (Å²) in [5.74, 6) is -2.61. The number of thiophene rings is 2. The Bertz CT molecular complexity index is 830. The third kappa shape index (κ3) is 5.63. The maximum atomic E-state index is 12.3. The minimum absolute atomic E-state index is 0.183. The minimum atomic E-state index is -0.893. The number of hydrogen-bond acceptors (Lipinski definition) is 7. The first-order chi connectivity index (χ1) is 12.8. The lowest BCUT2D eigenvalue weighted by Crippen LogP contribution is -2.45. The molecule has 0 aliphatic heterocycles. The summed E-state index contributed by atoms with van der Waals surface area (Å²) >= 11 is 2.38. The van der Waals surface area contributed by atoms with Gasteiger partial charge >= 0.3 is 5.97 Å². The van der Waals surface area contributed by atoms with Gasteiger partial charge in [-0.15, -0.1) is 22.7 Å². The van der Waals surface area contributed by atoms with E-state index in [1.54, 1.807) is 36.7 Å². The van der Waals surface area contributed by atoms with Crippen LogP contribution < -0.4 is 16.4 Å². The van der Waals surface area contributed by atoms with E-state index in [1.165, 1.54) is 17.4 Å². The third-order valence-corrected chi connectivity index (χ3v) is 5.18. The third-order valence-electron chi connectivity index (χ3n) is 3.48. The van der Waals surface area contributed by atoms with Gasteiger partial charge in [0.2, 0.25) is 0 Å². The van der Waals surface area contributed by atoms with Gasteiger partial charge in [0.15, 0.2) is 6.61 Å². The molecule has 2 rings (SSSR count). The molecule has 2 aromatic rings. The fourth-order valence-corrected chi connectivity index (χ4v) is 3.54. The van der Waals surface area contributed by atoms with Crippen LogP contribution in [0.3, 0.4) is 0 Å². The number of carbonyl (C=O) groups excluding carboxylic acids is 4. The number of primary amides is 1. The van der Waals surface area contributed by atoms with Gasteiger partial charge in [0.25, 0.3) is 17.7 Å². The SMILES string of the molecule is CC(C)[C@@H](NC(=O)c1cccs1)C(=O)OCC(=O)Nc1sccc1C(N)=O. The first kappa shape index (κ1) is 20.6. The number of amides is 3. The molecule has 10 heteroatoms. The summed E-state index contributed by atoms with van der Waals surface area (Å²) in [6.45, 7) is 2.96. The summed E-state index contributed by atoms with van der Waals surface area (Å²) in [6, 6.07) is 3.98. The van der Waals surface area contributed by atoms with E-state index in [0.717, 1.165) is 11.3 Å². The van der Waals surface area contributed by atoms with Crippen molar-refractivity contribution in [2.75, 3.05) is 11.9 Å². The first-order valence-corrected chi connectivity index (χ1v) is 9.73. The number of anilines is 1. The topological polar surface area (TPSA) is 128 Å². The Morgan fingerprint density at radius 1 is 1.15 bits per heavy atom. The fraction of sp³-hybridized carbons (Fsp3) is 0.294. The van der Waals surface area contributed by atoms with Crippen LogP contribution in [0.15, 0.2) is 29.0 Å². The second-order valence-electron chi connectivity index (χ2n) is 5.86. The van der Waals surface area contributed by atoms with Crippen LogP contribution in [-0.4, -0.2) is 36.3 Å². The van der Waals surface area contributed by atoms with Crippen LogP contribution in [0.1, 0.15) is 33.9 Å². The van der Waals surface area contributed by atoms with Crippen molar-refractivity contribution in [3.8, 4) is 0 Å². The highest BCUT2D eigenvalue weighted by molar-refractivity contribution is 7.14. The Labute approximate surface area is 163 Å². The molecule has 27 heavy (non-hydrogen) atoms. The summed E-state index contributed by atoms with van der Waals surface area (Å²) in [6.07, 6.45) is 0. The zero-order valence-corrected chi connectivity index (χ0v) is 16.3. The average molecular weight is 409 g/mol. The van der Waals surface area contributed by atoms with E-state index in [1.807, 2.05) is 0 Å². The Hall–Kier alpha value is -2.72. The van der Waals surface area contributed by atoms with Crippen LogP contribution >= 0.6 is 22.7 Å². The van der Waals surface area contributed by atoms with Gasteiger partial charge in [-0.05, 0) is 28.8 Å². The normalized spacial score (nSPS) is 11.7. The van der Waals surface area contributed by atoms with Crippen LogP contribution in [0.5, 0.6) is 0 Å². The van der Waals surface area contributed by atoms with E-state index < -0.39 is 30.4 Å². The zero-order chi connectivity index (χ0) is 20.0. The predicted molar refractivity (Wildman–Crippen MR) is 103 cm³/mol. The highest BCUT2D eigenvalue weighted by Crippen LogP contribution is 2.22. The molecule has 0 radical (unpaired) electrons. The molecule has 1 atom stereocenters. The Morgan fingerprint density at radius 3 is 2.48 bits per heavy atom. The van der Waals surface area contributed by atoms with Crippen molar-refractivity contribution in [2.24, 2.45) is 11.7 Å². The van der Waals surface area contributed by atoms with Gasteiger partial charge in [-0.25, -0.2) is 4.79 Å². The largest absolute Gasteiger partial charge is 0.454 e. The molecule has 0 aromatic carbocycles. The van der Waals surface area contributed by atoms with Crippen LogP contribution in [0.4, 0.5) is 5.00 Å². The smallest absolute Gasteiger partial charge is 0.329 e. The first-order valence-electron chi connectivity index (χ1n) is 7.97. The number of esters is 1. The van der Waals surface area contributed by atoms with E-state index in [-0.39, 0.29) is 22.4 Å². The lowest BCUT2D eigenvalue weighted by molar-refractivity contribution is -0.150. The van der Waals surface area contributed by atoms with Crippen molar-refractivity contribution < 1.29 is 23.9 Å². The van der Waals surface area contributed by atoms with Gasteiger partial charge in [-0.1, -0.05) is 19.9 Å². The highest BCUT2D eigenvalue weighted by atomic mass is 32.1. The number of carbonyl (C=O) groups is 4. The fourth-order valence-electron chi connectivity index (χ4n) is 2.11. The van der Waals surface area contributed by atoms with E-state index in [9.17, 15) is 19.2 Å². The maximum absolute atomic E-state index is 12.3. The minimum Gasteiger partial charge on any atom is -0.454 e. The van der Waals surface area contributed by atoms with Crippen molar-refractivity contribution in [3.63, 3.8) is 0 Å². The van der Waals surface area contributed by atoms with Gasteiger partial charge in [0.05, 0.1) is 10.4 Å². The number of ether oxygens (including phenoxy) is 1. The molecule has 2 aromatic heterocycles. The number of nitrogens with two attached hydrogens (primary N) is 1. The molecule has 0 bridgehead atoms. The van der Waals surface area contributed by atoms with E-state index >= 15 is 0 Å². The Morgan fingerprint density at radius 2 is 1.89 bits per heavy atom. The predicted octanol–water partition coefficient (Wildman–Crippen LogP) is 1.84. The van der Waals surface area contributed by atoms with Crippen molar-refractivity contribution in [1.82, 2.24) is 5.32 Å². The van der Waals surface area contributed by atoms with E-state index in [2.05, 4.69) is 10.6 Å². The molecule has 8 nitrogen and oxygen atoms in total. The highest BCUT2D eigenvalue weighted by Gasteiger charge is 2.27. The molecule has 0 fully saturated rings. The number of nitrogens with one attached hydrogen (secondary N) is 2. The standard InChI is InChI=1S/C17H19N3O5S2/c1-9(2)13(20-15(23)11-4-3-6-26-11)17(24)25-8-12(21)19-16-10(14(18)22)5-7-27-16/h3-7,9,13H,8H2,1-2H3,(H2,18,22)(H,19,21)(H,20,23)/t13-/m1/s1. The Balaban J connectivity index is 1.91. The van der Waals surface area contributed by atoms with Crippen LogP contribution in [0.2, 0.25) is 0 Å². The van der Waals surface area contributed by atoms with Crippen molar-refractivity contribution in [1.29, 1.82) is 0 Å². The summed E-state index contributed by atoms with van der Waals surface area (Å²) < 4.78 is 5.02. The lowest BCUT2D eigenvalue weighted by Gasteiger charge is -2.20. The average Bonchev–Trinajstić information content (AvgIpc) is 3.28. The molecule has 0 saturated carbocycles. The monoisotopic (exact) mass is 409 g/mol. The molecule has 4 N–H and O–H groups in total. The summed E-state index contributed by atoms with van der Waals surface area (Å²) in [5, 5.41) is 8.74. The van der Waals surface area contributed by atoms with Gasteiger partial charge in [0.1, 0.15) is 11.0 Å². The Kier molecular flexibility index (Phi) is 7.08. The second-order valence-corrected chi connectivity index (χ2v) is 7.72. The number of rotatable bonds is 8. The number of hydrogen-bond donors (Lipinski definition) is 3. The van der Waals surface area contributed by atoms with Crippen LogP contribution in [0, 0.1) is 5.92 Å². The van der Waals surface area contributed by atoms with Crippen molar-refractivity contribution >= 4 is 51.4 Å². The molecule has 2 heterocycles. The summed E-state index contributed by atoms with van der Waals surface area (Å²) in [5.41, 5.74) is 5.39. The van der Waals surface area contributed by atoms with Crippen molar-refractivity contribution in [2.45, 2.75) is 19.9 Å². The van der Waals surface area contributed by atoms with Crippen LogP contribution in [0.25, 0.3) is 0 Å². The van der Waals surface area contributed by atoms with E-state index in [0.29, 0.717) is 4.88 Å².